The van der Waals surface area contributed by atoms with Crippen molar-refractivity contribution in [3.05, 3.63) is 42.0 Å². The van der Waals surface area contributed by atoms with Crippen LogP contribution in [0.5, 0.6) is 5.75 Å². The summed E-state index contributed by atoms with van der Waals surface area (Å²) in [5.41, 5.74) is 4.07. The Morgan fingerprint density at radius 2 is 2.12 bits per heavy atom. The van der Waals surface area contributed by atoms with Crippen LogP contribution in [0, 0.1) is 5.92 Å². The van der Waals surface area contributed by atoms with Crippen molar-refractivity contribution in [2.45, 2.75) is 12.6 Å². The Labute approximate surface area is 136 Å². The zero-order valence-corrected chi connectivity index (χ0v) is 12.8. The molecular formula is C16H17F3N2O3. The predicted molar refractivity (Wildman–Crippen MR) is 80.3 cm³/mol. The van der Waals surface area contributed by atoms with Crippen LogP contribution >= 0.6 is 0 Å². The molecule has 1 aliphatic heterocycles. The van der Waals surface area contributed by atoms with E-state index in [9.17, 15) is 22.8 Å². The molecule has 1 aromatic carbocycles. The number of benzene rings is 1. The van der Waals surface area contributed by atoms with Gasteiger partial charge in [-0.1, -0.05) is 12.7 Å². The first-order valence-corrected chi connectivity index (χ1v) is 7.27. The minimum absolute atomic E-state index is 0.0374. The van der Waals surface area contributed by atoms with Gasteiger partial charge in [-0.3, -0.25) is 9.59 Å². The summed E-state index contributed by atoms with van der Waals surface area (Å²) in [6.45, 7) is 3.86. The van der Waals surface area contributed by atoms with E-state index < -0.39 is 29.5 Å². The lowest BCUT2D eigenvalue weighted by atomic mass is 10.1. The highest BCUT2D eigenvalue weighted by molar-refractivity contribution is 5.97. The fraction of sp³-hybridized carbons (Fsp3) is 0.375. The molecule has 130 valence electrons. The molecule has 2 N–H and O–H groups in total. The minimum atomic E-state index is -4.58. The first-order valence-electron chi connectivity index (χ1n) is 7.27. The molecular weight excluding hydrogens is 325 g/mol. The number of hydrogen-bond donors (Lipinski definition) is 1. The molecule has 0 radical (unpaired) electrons. The van der Waals surface area contributed by atoms with Gasteiger partial charge in [-0.15, -0.1) is 0 Å². The number of alkyl halides is 3. The summed E-state index contributed by atoms with van der Waals surface area (Å²) in [6.07, 6.45) is -2.76. The van der Waals surface area contributed by atoms with Gasteiger partial charge < -0.3 is 15.4 Å². The second kappa shape index (κ2) is 6.94. The fourth-order valence-corrected chi connectivity index (χ4v) is 2.50. The first-order chi connectivity index (χ1) is 11.2. The fourth-order valence-electron chi connectivity index (χ4n) is 2.50. The van der Waals surface area contributed by atoms with Crippen molar-refractivity contribution in [2.24, 2.45) is 11.7 Å². The molecule has 24 heavy (non-hydrogen) atoms. The van der Waals surface area contributed by atoms with Crippen molar-refractivity contribution in [3.8, 4) is 5.75 Å². The minimum Gasteiger partial charge on any atom is -0.489 e. The lowest BCUT2D eigenvalue weighted by Gasteiger charge is -2.19. The Morgan fingerprint density at radius 1 is 1.42 bits per heavy atom. The predicted octanol–water partition coefficient (Wildman–Crippen LogP) is 2.22. The van der Waals surface area contributed by atoms with Crippen molar-refractivity contribution >= 4 is 11.8 Å². The van der Waals surface area contributed by atoms with Gasteiger partial charge in [0, 0.05) is 13.1 Å². The number of carbonyl (C=O) groups excluding carboxylic acids is 2. The number of nitrogens with zero attached hydrogens (tertiary/aromatic N) is 1. The summed E-state index contributed by atoms with van der Waals surface area (Å²) in [6, 6.07) is 2.73. The lowest BCUT2D eigenvalue weighted by molar-refractivity contribution is -0.137. The molecule has 0 aromatic heterocycles. The maximum Gasteiger partial charge on any atom is 0.416 e. The van der Waals surface area contributed by atoms with Crippen LogP contribution in [0.15, 0.2) is 30.9 Å². The maximum atomic E-state index is 12.9. The van der Waals surface area contributed by atoms with Crippen molar-refractivity contribution in [2.75, 3.05) is 19.7 Å². The Balaban J connectivity index is 2.32. The molecule has 0 spiro atoms. The van der Waals surface area contributed by atoms with Crippen LogP contribution in [0.2, 0.25) is 0 Å². The second-order valence-corrected chi connectivity index (χ2v) is 5.45. The van der Waals surface area contributed by atoms with Gasteiger partial charge >= 0.3 is 6.18 Å². The molecule has 1 atom stereocenters. The van der Waals surface area contributed by atoms with Crippen LogP contribution in [-0.4, -0.2) is 36.4 Å². The van der Waals surface area contributed by atoms with Gasteiger partial charge in [-0.25, -0.2) is 0 Å². The molecule has 8 heteroatoms. The van der Waals surface area contributed by atoms with Crippen LogP contribution in [0.1, 0.15) is 22.3 Å². The molecule has 1 aliphatic rings. The normalized spacial score (nSPS) is 17.6. The van der Waals surface area contributed by atoms with Gasteiger partial charge in [0.25, 0.3) is 5.91 Å². The smallest absolute Gasteiger partial charge is 0.416 e. The third kappa shape index (κ3) is 3.87. The average Bonchev–Trinajstić information content (AvgIpc) is 3.01. The summed E-state index contributed by atoms with van der Waals surface area (Å²) in [5.74, 6) is -1.60. The maximum absolute atomic E-state index is 12.9. The van der Waals surface area contributed by atoms with Crippen LogP contribution in [-0.2, 0) is 11.0 Å². The Kier molecular flexibility index (Phi) is 5.16. The highest BCUT2D eigenvalue weighted by atomic mass is 19.4. The third-order valence-corrected chi connectivity index (χ3v) is 3.77. The number of carbonyl (C=O) groups is 2. The van der Waals surface area contributed by atoms with Crippen LogP contribution in [0.4, 0.5) is 13.2 Å². The Hall–Kier alpha value is -2.51. The molecule has 1 aromatic rings. The average molecular weight is 342 g/mol. The van der Waals surface area contributed by atoms with E-state index in [0.717, 1.165) is 18.2 Å². The van der Waals surface area contributed by atoms with E-state index in [4.69, 9.17) is 10.5 Å². The molecule has 0 bridgehead atoms. The number of halogens is 3. The van der Waals surface area contributed by atoms with Crippen molar-refractivity contribution in [3.63, 3.8) is 0 Å². The van der Waals surface area contributed by atoms with Crippen molar-refractivity contribution in [1.29, 1.82) is 0 Å². The third-order valence-electron chi connectivity index (χ3n) is 3.77. The summed E-state index contributed by atoms with van der Waals surface area (Å²) in [4.78, 5) is 25.1. The summed E-state index contributed by atoms with van der Waals surface area (Å²) in [5, 5.41) is 0. The number of nitrogens with two attached hydrogens (primary N) is 1. The number of ether oxygens (including phenoxy) is 1. The number of amides is 2. The molecule has 1 saturated heterocycles. The molecule has 2 amide bonds. The largest absolute Gasteiger partial charge is 0.489 e. The molecule has 2 rings (SSSR count). The van der Waals surface area contributed by atoms with Crippen molar-refractivity contribution in [1.82, 2.24) is 4.90 Å². The SMILES string of the molecule is C=CCOc1ccc(C(F)(F)F)cc1C(=O)N1CC[C@H](C(N)=O)C1. The highest BCUT2D eigenvalue weighted by Gasteiger charge is 2.35. The zero-order chi connectivity index (χ0) is 17.9. The number of hydrogen-bond acceptors (Lipinski definition) is 3. The lowest BCUT2D eigenvalue weighted by Crippen LogP contribution is -2.32. The number of likely N-dealkylation sites (tertiary alicyclic amines) is 1. The molecule has 5 nitrogen and oxygen atoms in total. The quantitative estimate of drug-likeness (QED) is 0.834. The second-order valence-electron chi connectivity index (χ2n) is 5.45. The Morgan fingerprint density at radius 3 is 2.67 bits per heavy atom. The summed E-state index contributed by atoms with van der Waals surface area (Å²) < 4.78 is 44.0. The van der Waals surface area contributed by atoms with Gasteiger partial charge in [0.05, 0.1) is 17.0 Å². The first kappa shape index (κ1) is 17.8. The van der Waals surface area contributed by atoms with E-state index in [0.29, 0.717) is 6.42 Å². The zero-order valence-electron chi connectivity index (χ0n) is 12.8. The monoisotopic (exact) mass is 342 g/mol. The van der Waals surface area contributed by atoms with E-state index in [1.54, 1.807) is 0 Å². The van der Waals surface area contributed by atoms with E-state index in [2.05, 4.69) is 6.58 Å². The molecule has 1 fully saturated rings. The van der Waals surface area contributed by atoms with Crippen molar-refractivity contribution < 1.29 is 27.5 Å². The van der Waals surface area contributed by atoms with E-state index >= 15 is 0 Å². The molecule has 0 saturated carbocycles. The highest BCUT2D eigenvalue weighted by Crippen LogP contribution is 2.33. The number of primary amides is 1. The van der Waals surface area contributed by atoms with Crippen LogP contribution in [0.3, 0.4) is 0 Å². The van der Waals surface area contributed by atoms with Crippen LogP contribution < -0.4 is 10.5 Å². The molecule has 0 aliphatic carbocycles. The van der Waals surface area contributed by atoms with Gasteiger partial charge in [0.2, 0.25) is 5.91 Å². The van der Waals surface area contributed by atoms with Crippen LogP contribution in [0.25, 0.3) is 0 Å². The molecule has 1 heterocycles. The standard InChI is InChI=1S/C16H17F3N2O3/c1-2-7-24-13-4-3-11(16(17,18)19)8-12(13)15(23)21-6-5-10(9-21)14(20)22/h2-4,8,10H,1,5-7,9H2,(H2,20,22)/t10-/m0/s1. The molecule has 0 unspecified atom stereocenters. The van der Waals surface area contributed by atoms with Gasteiger partial charge in [0.15, 0.2) is 0 Å². The van der Waals surface area contributed by atoms with E-state index in [-0.39, 0.29) is 31.0 Å². The van der Waals surface area contributed by atoms with Gasteiger partial charge in [-0.05, 0) is 24.6 Å². The van der Waals surface area contributed by atoms with Gasteiger partial charge in [-0.2, -0.15) is 13.2 Å². The van der Waals surface area contributed by atoms with E-state index in [1.807, 2.05) is 0 Å². The topological polar surface area (TPSA) is 72.6 Å². The van der Waals surface area contributed by atoms with Gasteiger partial charge in [0.1, 0.15) is 12.4 Å². The summed E-state index contributed by atoms with van der Waals surface area (Å²) >= 11 is 0. The number of rotatable bonds is 5. The Bertz CT molecular complexity index is 658. The van der Waals surface area contributed by atoms with E-state index in [1.165, 1.54) is 11.0 Å². The summed E-state index contributed by atoms with van der Waals surface area (Å²) in [7, 11) is 0.